The monoisotopic (exact) mass is 754 g/mol. The standard InChI is InChI=1S/C34H30N2O12S3/c1-33(2)28-23(20-16-19(44-3)13-14-21(20)35(33)22(37)15-10-17-8-11-18(12-9-17)36(42)43)34(24(29(38)45-4)25(49-28)30(39)46-5)50-26(31(40)47-6)27(51-34)32(41)48-7/h8-16H,1-7H3. The molecule has 3 aliphatic heterocycles. The van der Waals surface area contributed by atoms with E-state index in [1.54, 1.807) is 32.0 Å². The molecule has 0 saturated carbocycles. The lowest BCUT2D eigenvalue weighted by Crippen LogP contribution is -2.53. The molecule has 1 spiro atoms. The van der Waals surface area contributed by atoms with Crippen LogP contribution < -0.4 is 9.64 Å². The number of carbonyl (C=O) groups excluding carboxylic acids is 5. The molecule has 17 heteroatoms. The summed E-state index contributed by atoms with van der Waals surface area (Å²) in [5.41, 5.74) is 0.0810. The van der Waals surface area contributed by atoms with Gasteiger partial charge in [0.25, 0.3) is 11.6 Å². The number of methoxy groups -OCH3 is 5. The van der Waals surface area contributed by atoms with Crippen LogP contribution in [0.4, 0.5) is 11.4 Å². The Kier molecular flexibility index (Phi) is 10.5. The predicted octanol–water partition coefficient (Wildman–Crippen LogP) is 5.23. The number of esters is 4. The van der Waals surface area contributed by atoms with Crippen molar-refractivity contribution in [2.75, 3.05) is 40.4 Å². The number of carbonyl (C=O) groups is 5. The normalized spacial score (nSPS) is 17.2. The topological polar surface area (TPSA) is 178 Å². The lowest BCUT2D eigenvalue weighted by Gasteiger charge is -2.50. The van der Waals surface area contributed by atoms with Gasteiger partial charge in [-0.25, -0.2) is 19.2 Å². The zero-order valence-electron chi connectivity index (χ0n) is 28.2. The second kappa shape index (κ2) is 14.3. The molecule has 0 saturated heterocycles. The van der Waals surface area contributed by atoms with Gasteiger partial charge >= 0.3 is 23.9 Å². The van der Waals surface area contributed by atoms with Crippen molar-refractivity contribution in [1.82, 2.24) is 0 Å². The molecule has 0 aromatic heterocycles. The average molecular weight is 755 g/mol. The molecule has 2 aromatic rings. The van der Waals surface area contributed by atoms with Crippen LogP contribution in [0, 0.1) is 10.1 Å². The average Bonchev–Trinajstić information content (AvgIpc) is 3.52. The fourth-order valence-corrected chi connectivity index (χ4v) is 10.8. The number of rotatable bonds is 8. The third-order valence-electron chi connectivity index (χ3n) is 8.09. The van der Waals surface area contributed by atoms with Crippen LogP contribution in [0.15, 0.2) is 73.7 Å². The van der Waals surface area contributed by atoms with Gasteiger partial charge in [0.2, 0.25) is 0 Å². The van der Waals surface area contributed by atoms with E-state index in [-0.39, 0.29) is 26.0 Å². The minimum Gasteiger partial charge on any atom is -0.497 e. The van der Waals surface area contributed by atoms with Crippen molar-refractivity contribution in [3.8, 4) is 5.75 Å². The summed E-state index contributed by atoms with van der Waals surface area (Å²) in [6, 6.07) is 10.6. The number of non-ortho nitro benzene ring substituents is 1. The molecule has 266 valence electrons. The van der Waals surface area contributed by atoms with E-state index in [2.05, 4.69) is 0 Å². The Labute approximate surface area is 304 Å². The number of nitro groups is 1. The molecule has 3 aliphatic rings. The number of fused-ring (bicyclic) bond motifs is 3. The summed E-state index contributed by atoms with van der Waals surface area (Å²) >= 11 is 2.52. The number of thioether (sulfide) groups is 3. The summed E-state index contributed by atoms with van der Waals surface area (Å²) in [4.78, 5) is 80.1. The molecule has 5 rings (SSSR count). The number of nitro benzene ring substituents is 1. The minimum absolute atomic E-state index is 0.107. The molecule has 3 heterocycles. The van der Waals surface area contributed by atoms with Crippen LogP contribution in [-0.4, -0.2) is 79.9 Å². The number of ether oxygens (including phenoxy) is 5. The van der Waals surface area contributed by atoms with E-state index in [9.17, 15) is 34.1 Å². The molecular formula is C34H30N2O12S3. The Morgan fingerprint density at radius 1 is 0.784 bits per heavy atom. The summed E-state index contributed by atoms with van der Waals surface area (Å²) in [6.07, 6.45) is 2.83. The van der Waals surface area contributed by atoms with Crippen LogP contribution in [0.2, 0.25) is 0 Å². The zero-order chi connectivity index (χ0) is 37.4. The highest BCUT2D eigenvalue weighted by molar-refractivity contribution is 8.26. The third kappa shape index (κ3) is 6.29. The fraction of sp³-hybridized carbons (Fsp3) is 0.265. The second-order valence-electron chi connectivity index (χ2n) is 11.3. The molecule has 0 unspecified atom stereocenters. The highest BCUT2D eigenvalue weighted by Crippen LogP contribution is 2.71. The number of anilines is 1. The predicted molar refractivity (Wildman–Crippen MR) is 191 cm³/mol. The first-order valence-corrected chi connectivity index (χ1v) is 17.2. The van der Waals surface area contributed by atoms with Crippen LogP contribution in [0.1, 0.15) is 25.0 Å². The molecule has 0 fully saturated rings. The smallest absolute Gasteiger partial charge is 0.345 e. The summed E-state index contributed by atoms with van der Waals surface area (Å²) < 4.78 is 24.2. The third-order valence-corrected chi connectivity index (χ3v) is 12.7. The maximum absolute atomic E-state index is 14.3. The largest absolute Gasteiger partial charge is 0.497 e. The van der Waals surface area contributed by atoms with Crippen molar-refractivity contribution >= 4 is 88.1 Å². The molecule has 1 amide bonds. The van der Waals surface area contributed by atoms with Crippen molar-refractivity contribution in [2.45, 2.75) is 23.5 Å². The van der Waals surface area contributed by atoms with Gasteiger partial charge in [-0.3, -0.25) is 19.8 Å². The van der Waals surface area contributed by atoms with E-state index >= 15 is 0 Å². The molecule has 0 atom stereocenters. The van der Waals surface area contributed by atoms with Gasteiger partial charge < -0.3 is 23.7 Å². The van der Waals surface area contributed by atoms with E-state index in [4.69, 9.17) is 23.7 Å². The summed E-state index contributed by atoms with van der Waals surface area (Å²) in [5, 5.41) is 11.1. The van der Waals surface area contributed by atoms with Crippen molar-refractivity contribution in [3.63, 3.8) is 0 Å². The first-order chi connectivity index (χ1) is 24.2. The molecule has 0 N–H and O–H groups in total. The highest BCUT2D eigenvalue weighted by Gasteiger charge is 2.61. The number of hydrogen-bond acceptors (Lipinski definition) is 15. The van der Waals surface area contributed by atoms with Gasteiger partial charge in [-0.15, -0.1) is 0 Å². The van der Waals surface area contributed by atoms with E-state index in [0.717, 1.165) is 63.7 Å². The van der Waals surface area contributed by atoms with Crippen molar-refractivity contribution in [1.29, 1.82) is 0 Å². The van der Waals surface area contributed by atoms with Gasteiger partial charge in [0.1, 0.15) is 24.5 Å². The lowest BCUT2D eigenvalue weighted by molar-refractivity contribution is -0.384. The van der Waals surface area contributed by atoms with Gasteiger partial charge in [0, 0.05) is 34.3 Å². The molecule has 51 heavy (non-hydrogen) atoms. The van der Waals surface area contributed by atoms with Crippen LogP contribution in [0.5, 0.6) is 5.75 Å². The summed E-state index contributed by atoms with van der Waals surface area (Å²) in [6.45, 7) is 3.48. The van der Waals surface area contributed by atoms with Crippen molar-refractivity contribution in [3.05, 3.63) is 95.0 Å². The second-order valence-corrected chi connectivity index (χ2v) is 15.0. The van der Waals surface area contributed by atoms with Crippen LogP contribution in [-0.2, 0) is 42.9 Å². The SMILES string of the molecule is COC(=O)C1=C(C(=O)OC)SC2(S1)C(C(=O)OC)=C(C(=O)OC)SC1=C2c2cc(OC)ccc2N(C(=O)C=Cc2ccc([N+](=O)[O-])cc2)C1(C)C. The molecule has 2 aromatic carbocycles. The van der Waals surface area contributed by atoms with Crippen LogP contribution in [0.25, 0.3) is 11.6 Å². The first kappa shape index (κ1) is 37.3. The zero-order valence-corrected chi connectivity index (χ0v) is 30.7. The molecular weight excluding hydrogens is 725 g/mol. The van der Waals surface area contributed by atoms with Crippen LogP contribution >= 0.6 is 35.3 Å². The van der Waals surface area contributed by atoms with E-state index < -0.39 is 44.3 Å². The molecule has 0 radical (unpaired) electrons. The van der Waals surface area contributed by atoms with E-state index in [1.807, 2.05) is 0 Å². The number of amides is 1. The van der Waals surface area contributed by atoms with Gasteiger partial charge in [0.05, 0.1) is 57.3 Å². The fourth-order valence-electron chi connectivity index (χ4n) is 5.77. The lowest BCUT2D eigenvalue weighted by atomic mass is 9.83. The van der Waals surface area contributed by atoms with Crippen molar-refractivity contribution in [2.24, 2.45) is 0 Å². The highest BCUT2D eigenvalue weighted by atomic mass is 32.2. The number of benzene rings is 2. The Morgan fingerprint density at radius 3 is 1.84 bits per heavy atom. The molecule has 0 aliphatic carbocycles. The maximum atomic E-state index is 14.3. The van der Waals surface area contributed by atoms with Gasteiger partial charge in [-0.05, 0) is 55.8 Å². The van der Waals surface area contributed by atoms with Crippen LogP contribution in [0.3, 0.4) is 0 Å². The van der Waals surface area contributed by atoms with Gasteiger partial charge in [0.15, 0.2) is 0 Å². The van der Waals surface area contributed by atoms with Crippen molar-refractivity contribution < 1.29 is 52.6 Å². The van der Waals surface area contributed by atoms with E-state index in [0.29, 0.717) is 33.0 Å². The van der Waals surface area contributed by atoms with Gasteiger partial charge in [-0.1, -0.05) is 35.3 Å². The van der Waals surface area contributed by atoms with E-state index in [1.165, 1.54) is 48.4 Å². The number of hydrogen-bond donors (Lipinski definition) is 0. The quantitative estimate of drug-likeness (QED) is 0.112. The first-order valence-electron chi connectivity index (χ1n) is 14.8. The molecule has 0 bridgehead atoms. The Bertz CT molecular complexity index is 1990. The number of nitrogens with zero attached hydrogens (tertiary/aromatic N) is 2. The Balaban J connectivity index is 1.80. The molecule has 14 nitrogen and oxygen atoms in total. The summed E-state index contributed by atoms with van der Waals surface area (Å²) in [7, 11) is 5.99. The Morgan fingerprint density at radius 2 is 1.33 bits per heavy atom. The Hall–Kier alpha value is -5.00. The van der Waals surface area contributed by atoms with Gasteiger partial charge in [-0.2, -0.15) is 0 Å². The maximum Gasteiger partial charge on any atom is 0.345 e. The summed E-state index contributed by atoms with van der Waals surface area (Å²) in [5.74, 6) is -3.73. The minimum atomic E-state index is -1.76.